The van der Waals surface area contributed by atoms with E-state index in [1.807, 2.05) is 4.68 Å². The lowest BCUT2D eigenvalue weighted by atomic mass is 10.1. The van der Waals surface area contributed by atoms with Crippen LogP contribution in [-0.4, -0.2) is 14.8 Å². The summed E-state index contributed by atoms with van der Waals surface area (Å²) in [5.74, 6) is 0.866. The highest BCUT2D eigenvalue weighted by Gasteiger charge is 2.09. The summed E-state index contributed by atoms with van der Waals surface area (Å²) in [4.78, 5) is 4.26. The predicted octanol–water partition coefficient (Wildman–Crippen LogP) is 3.62. The van der Waals surface area contributed by atoms with Gasteiger partial charge in [-0.15, -0.1) is 0 Å². The minimum atomic E-state index is 0.314. The van der Waals surface area contributed by atoms with E-state index in [0.29, 0.717) is 6.04 Å². The number of aromatic nitrogens is 3. The van der Waals surface area contributed by atoms with Crippen molar-refractivity contribution in [3.63, 3.8) is 0 Å². The average Bonchev–Trinajstić information content (AvgIpc) is 2.65. The second-order valence-electron chi connectivity index (χ2n) is 4.39. The molecule has 0 saturated heterocycles. The van der Waals surface area contributed by atoms with Crippen LogP contribution in [0.2, 0.25) is 0 Å². The van der Waals surface area contributed by atoms with Crippen LogP contribution in [0.1, 0.15) is 52.4 Å². The van der Waals surface area contributed by atoms with Crippen molar-refractivity contribution in [3.05, 3.63) is 30.4 Å². The summed E-state index contributed by atoms with van der Waals surface area (Å²) in [7, 11) is 0. The summed E-state index contributed by atoms with van der Waals surface area (Å²) in [6.45, 7) is 12.6. The second kappa shape index (κ2) is 5.64. The second-order valence-corrected chi connectivity index (χ2v) is 4.39. The fourth-order valence-electron chi connectivity index (χ4n) is 1.69. The molecule has 0 radical (unpaired) electrons. The molecule has 16 heavy (non-hydrogen) atoms. The van der Waals surface area contributed by atoms with Gasteiger partial charge in [-0.05, 0) is 27.2 Å². The fourth-order valence-corrected chi connectivity index (χ4v) is 1.69. The predicted molar refractivity (Wildman–Crippen MR) is 68.1 cm³/mol. The zero-order valence-corrected chi connectivity index (χ0v) is 10.7. The summed E-state index contributed by atoms with van der Waals surface area (Å²) >= 11 is 0. The molecule has 0 unspecified atom stereocenters. The number of nitrogens with zero attached hydrogens (tertiary/aromatic N) is 3. The van der Waals surface area contributed by atoms with Crippen LogP contribution < -0.4 is 0 Å². The molecule has 0 N–H and O–H groups in total. The molecule has 0 amide bonds. The van der Waals surface area contributed by atoms with Crippen molar-refractivity contribution in [1.29, 1.82) is 0 Å². The minimum absolute atomic E-state index is 0.314. The molecule has 88 valence electrons. The van der Waals surface area contributed by atoms with Gasteiger partial charge in [0.1, 0.15) is 6.33 Å². The lowest BCUT2D eigenvalue weighted by molar-refractivity contribution is 0.525. The molecule has 0 spiro atoms. The molecule has 1 heterocycles. The Morgan fingerprint density at radius 2 is 2.25 bits per heavy atom. The molecule has 0 saturated carbocycles. The zero-order chi connectivity index (χ0) is 12.1. The number of allylic oxidation sites excluding steroid dienone is 3. The van der Waals surface area contributed by atoms with E-state index < -0.39 is 0 Å². The Morgan fingerprint density at radius 1 is 1.56 bits per heavy atom. The maximum Gasteiger partial charge on any atom is 0.157 e. The van der Waals surface area contributed by atoms with Gasteiger partial charge in [0.2, 0.25) is 0 Å². The first-order valence-electron chi connectivity index (χ1n) is 5.82. The van der Waals surface area contributed by atoms with Gasteiger partial charge >= 0.3 is 0 Å². The summed E-state index contributed by atoms with van der Waals surface area (Å²) in [5.41, 5.74) is 2.28. The Kier molecular flexibility index (Phi) is 4.47. The van der Waals surface area contributed by atoms with Gasteiger partial charge < -0.3 is 0 Å². The van der Waals surface area contributed by atoms with E-state index in [9.17, 15) is 0 Å². The van der Waals surface area contributed by atoms with E-state index in [2.05, 4.69) is 50.4 Å². The SMILES string of the molecule is C=C(/C=C(\C)CCC)c1ncnn1C(C)C. The minimum Gasteiger partial charge on any atom is -0.243 e. The largest absolute Gasteiger partial charge is 0.243 e. The Balaban J connectivity index is 2.88. The van der Waals surface area contributed by atoms with Crippen molar-refractivity contribution < 1.29 is 0 Å². The van der Waals surface area contributed by atoms with Gasteiger partial charge in [0, 0.05) is 11.6 Å². The van der Waals surface area contributed by atoms with Crippen LogP contribution in [0.3, 0.4) is 0 Å². The molecule has 1 aromatic heterocycles. The Hall–Kier alpha value is -1.38. The molecular weight excluding hydrogens is 198 g/mol. The van der Waals surface area contributed by atoms with E-state index in [1.54, 1.807) is 6.33 Å². The monoisotopic (exact) mass is 219 g/mol. The normalized spacial score (nSPS) is 12.2. The number of hydrogen-bond donors (Lipinski definition) is 0. The zero-order valence-electron chi connectivity index (χ0n) is 10.7. The summed E-state index contributed by atoms with van der Waals surface area (Å²) in [5, 5.41) is 4.21. The van der Waals surface area contributed by atoms with Crippen LogP contribution in [0.4, 0.5) is 0 Å². The molecule has 1 rings (SSSR count). The van der Waals surface area contributed by atoms with Gasteiger partial charge in [-0.1, -0.05) is 31.6 Å². The molecule has 0 aliphatic rings. The molecule has 0 fully saturated rings. The first kappa shape index (κ1) is 12.7. The summed E-state index contributed by atoms with van der Waals surface area (Å²) < 4.78 is 1.90. The van der Waals surface area contributed by atoms with Crippen molar-refractivity contribution in [2.75, 3.05) is 0 Å². The average molecular weight is 219 g/mol. The third kappa shape index (κ3) is 3.05. The third-order valence-corrected chi connectivity index (χ3v) is 2.41. The van der Waals surface area contributed by atoms with Crippen molar-refractivity contribution in [2.45, 2.75) is 46.6 Å². The maximum atomic E-state index is 4.26. The lowest BCUT2D eigenvalue weighted by Crippen LogP contribution is -2.06. The van der Waals surface area contributed by atoms with E-state index in [4.69, 9.17) is 0 Å². The Bertz CT molecular complexity index is 386. The van der Waals surface area contributed by atoms with Crippen molar-refractivity contribution >= 4 is 5.57 Å². The highest BCUT2D eigenvalue weighted by atomic mass is 15.3. The van der Waals surface area contributed by atoms with Crippen molar-refractivity contribution in [1.82, 2.24) is 14.8 Å². The highest BCUT2D eigenvalue weighted by molar-refractivity contribution is 5.67. The Labute approximate surface area is 97.9 Å². The molecule has 0 aromatic carbocycles. The van der Waals surface area contributed by atoms with E-state index >= 15 is 0 Å². The topological polar surface area (TPSA) is 30.7 Å². The van der Waals surface area contributed by atoms with Crippen LogP contribution in [-0.2, 0) is 0 Å². The summed E-state index contributed by atoms with van der Waals surface area (Å²) in [6.07, 6.45) is 5.96. The molecule has 0 aliphatic heterocycles. The number of hydrogen-bond acceptors (Lipinski definition) is 2. The van der Waals surface area contributed by atoms with Crippen molar-refractivity contribution in [2.24, 2.45) is 0 Å². The first-order chi connectivity index (χ1) is 7.56. The molecule has 0 atom stereocenters. The van der Waals surface area contributed by atoms with E-state index in [0.717, 1.165) is 24.2 Å². The van der Waals surface area contributed by atoms with Crippen molar-refractivity contribution in [3.8, 4) is 0 Å². The smallest absolute Gasteiger partial charge is 0.157 e. The molecule has 0 bridgehead atoms. The van der Waals surface area contributed by atoms with Gasteiger partial charge in [0.05, 0.1) is 0 Å². The fraction of sp³-hybridized carbons (Fsp3) is 0.538. The first-order valence-corrected chi connectivity index (χ1v) is 5.82. The van der Waals surface area contributed by atoms with Gasteiger partial charge in [-0.2, -0.15) is 5.10 Å². The molecular formula is C13H21N3. The molecule has 3 nitrogen and oxygen atoms in total. The highest BCUT2D eigenvalue weighted by Crippen LogP contribution is 2.17. The van der Waals surface area contributed by atoms with E-state index in [-0.39, 0.29) is 0 Å². The molecule has 0 aliphatic carbocycles. The van der Waals surface area contributed by atoms with Gasteiger partial charge in [-0.25, -0.2) is 9.67 Å². The lowest BCUT2D eigenvalue weighted by Gasteiger charge is -2.09. The van der Waals surface area contributed by atoms with Gasteiger partial charge in [-0.3, -0.25) is 0 Å². The standard InChI is InChI=1S/C13H21N3/c1-6-7-11(4)8-12(5)13-14-9-15-16(13)10(2)3/h8-10H,5-7H2,1-4H3/b11-8+. The van der Waals surface area contributed by atoms with Crippen LogP contribution in [0.25, 0.3) is 5.57 Å². The quantitative estimate of drug-likeness (QED) is 0.708. The van der Waals surface area contributed by atoms with Crippen LogP contribution >= 0.6 is 0 Å². The van der Waals surface area contributed by atoms with Crippen LogP contribution in [0.5, 0.6) is 0 Å². The maximum absolute atomic E-state index is 4.26. The van der Waals surface area contributed by atoms with Gasteiger partial charge in [0.15, 0.2) is 5.82 Å². The molecule has 3 heteroatoms. The molecule has 1 aromatic rings. The summed E-state index contributed by atoms with van der Waals surface area (Å²) in [6, 6.07) is 0.314. The van der Waals surface area contributed by atoms with Crippen LogP contribution in [0.15, 0.2) is 24.6 Å². The van der Waals surface area contributed by atoms with Crippen LogP contribution in [0, 0.1) is 0 Å². The Morgan fingerprint density at radius 3 is 2.81 bits per heavy atom. The van der Waals surface area contributed by atoms with E-state index in [1.165, 1.54) is 5.57 Å². The third-order valence-electron chi connectivity index (χ3n) is 2.41. The number of rotatable bonds is 5. The van der Waals surface area contributed by atoms with Gasteiger partial charge in [0.25, 0.3) is 0 Å².